The lowest BCUT2D eigenvalue weighted by atomic mass is 9.83. The molecule has 1 aliphatic carbocycles. The molecular weight excluding hydrogens is 242 g/mol. The summed E-state index contributed by atoms with van der Waals surface area (Å²) in [5.74, 6) is -0.254. The van der Waals surface area contributed by atoms with Gasteiger partial charge in [-0.15, -0.1) is 0 Å². The van der Waals surface area contributed by atoms with E-state index >= 15 is 0 Å². The summed E-state index contributed by atoms with van der Waals surface area (Å²) in [6.07, 6.45) is 7.86. The lowest BCUT2D eigenvalue weighted by Crippen LogP contribution is -2.65. The highest BCUT2D eigenvalue weighted by Gasteiger charge is 2.56. The number of carbonyl (C=O) groups is 2. The molecule has 2 heterocycles. The number of piperidine rings is 1. The number of rotatable bonds is 3. The van der Waals surface area contributed by atoms with Crippen molar-refractivity contribution < 1.29 is 9.59 Å². The molecule has 2 saturated heterocycles. The molecule has 0 spiro atoms. The van der Waals surface area contributed by atoms with Gasteiger partial charge in [-0.1, -0.05) is 12.8 Å². The standard InChI is InChI=1S/C14H23N3O2/c15-13(19)14(16-10-5-1-2-6-10)9-12(18)17-8-4-3-7-11(14)17/h10-11,16H,1-9H2,(H2,15,19). The molecule has 2 atom stereocenters. The van der Waals surface area contributed by atoms with Gasteiger partial charge < -0.3 is 10.6 Å². The Morgan fingerprint density at radius 1 is 1.21 bits per heavy atom. The summed E-state index contributed by atoms with van der Waals surface area (Å²) in [5.41, 5.74) is 4.89. The van der Waals surface area contributed by atoms with E-state index in [0.717, 1.165) is 38.6 Å². The van der Waals surface area contributed by atoms with Gasteiger partial charge >= 0.3 is 0 Å². The highest BCUT2D eigenvalue weighted by Crippen LogP contribution is 2.37. The third kappa shape index (κ3) is 2.04. The first-order valence-corrected chi connectivity index (χ1v) is 7.50. The van der Waals surface area contributed by atoms with Crippen LogP contribution in [0.25, 0.3) is 0 Å². The zero-order chi connectivity index (χ0) is 13.5. The van der Waals surface area contributed by atoms with Crippen molar-refractivity contribution in [2.75, 3.05) is 6.54 Å². The summed E-state index contributed by atoms with van der Waals surface area (Å²) < 4.78 is 0. The number of primary amides is 1. The summed E-state index contributed by atoms with van der Waals surface area (Å²) in [4.78, 5) is 26.2. The van der Waals surface area contributed by atoms with E-state index < -0.39 is 5.54 Å². The van der Waals surface area contributed by atoms with E-state index in [9.17, 15) is 9.59 Å². The van der Waals surface area contributed by atoms with Crippen LogP contribution in [0.15, 0.2) is 0 Å². The summed E-state index contributed by atoms with van der Waals surface area (Å²) in [7, 11) is 0. The normalized spacial score (nSPS) is 35.7. The summed E-state index contributed by atoms with van der Waals surface area (Å²) in [6, 6.07) is 0.328. The monoisotopic (exact) mass is 265 g/mol. The molecule has 3 fully saturated rings. The Kier molecular flexibility index (Phi) is 3.25. The Bertz CT molecular complexity index is 392. The summed E-state index contributed by atoms with van der Waals surface area (Å²) in [6.45, 7) is 0.783. The summed E-state index contributed by atoms with van der Waals surface area (Å²) in [5, 5.41) is 3.48. The maximum absolute atomic E-state index is 12.2. The Morgan fingerprint density at radius 2 is 1.89 bits per heavy atom. The van der Waals surface area contributed by atoms with E-state index in [1.165, 1.54) is 12.8 Å². The molecule has 5 nitrogen and oxygen atoms in total. The van der Waals surface area contributed by atoms with Crippen molar-refractivity contribution in [2.45, 2.75) is 69.0 Å². The molecule has 0 aromatic carbocycles. The van der Waals surface area contributed by atoms with Gasteiger partial charge in [0.15, 0.2) is 0 Å². The molecular formula is C14H23N3O2. The van der Waals surface area contributed by atoms with Crippen LogP contribution in [0.1, 0.15) is 51.4 Å². The number of nitrogens with two attached hydrogens (primary N) is 1. The molecule has 0 radical (unpaired) electrons. The van der Waals surface area contributed by atoms with Crippen LogP contribution in [0.5, 0.6) is 0 Å². The average molecular weight is 265 g/mol. The molecule has 2 aliphatic heterocycles. The van der Waals surface area contributed by atoms with E-state index in [4.69, 9.17) is 5.73 Å². The third-order valence-electron chi connectivity index (χ3n) is 5.08. The van der Waals surface area contributed by atoms with E-state index in [1.54, 1.807) is 0 Å². The van der Waals surface area contributed by atoms with E-state index in [0.29, 0.717) is 6.04 Å². The van der Waals surface area contributed by atoms with Gasteiger partial charge in [0.2, 0.25) is 11.8 Å². The smallest absolute Gasteiger partial charge is 0.240 e. The van der Waals surface area contributed by atoms with Gasteiger partial charge in [0, 0.05) is 12.6 Å². The fourth-order valence-electron chi connectivity index (χ4n) is 4.10. The second-order valence-corrected chi connectivity index (χ2v) is 6.24. The fourth-order valence-corrected chi connectivity index (χ4v) is 4.10. The van der Waals surface area contributed by atoms with Gasteiger partial charge in [-0.3, -0.25) is 14.9 Å². The second-order valence-electron chi connectivity index (χ2n) is 6.24. The summed E-state index contributed by atoms with van der Waals surface area (Å²) >= 11 is 0. The first-order valence-electron chi connectivity index (χ1n) is 7.50. The zero-order valence-electron chi connectivity index (χ0n) is 11.4. The highest BCUT2D eigenvalue weighted by molar-refractivity contribution is 5.96. The van der Waals surface area contributed by atoms with Gasteiger partial charge in [-0.05, 0) is 32.1 Å². The number of nitrogens with zero attached hydrogens (tertiary/aromatic N) is 1. The van der Waals surface area contributed by atoms with Crippen molar-refractivity contribution in [3.63, 3.8) is 0 Å². The number of carbonyl (C=O) groups excluding carboxylic acids is 2. The molecule has 3 rings (SSSR count). The maximum Gasteiger partial charge on any atom is 0.240 e. The molecule has 0 aromatic rings. The van der Waals surface area contributed by atoms with Crippen molar-refractivity contribution in [2.24, 2.45) is 5.73 Å². The molecule has 0 aromatic heterocycles. The number of amides is 2. The van der Waals surface area contributed by atoms with Crippen molar-refractivity contribution >= 4 is 11.8 Å². The van der Waals surface area contributed by atoms with Crippen molar-refractivity contribution in [1.29, 1.82) is 0 Å². The Hall–Kier alpha value is -1.10. The van der Waals surface area contributed by atoms with Gasteiger partial charge in [0.25, 0.3) is 0 Å². The minimum absolute atomic E-state index is 0.0214. The third-order valence-corrected chi connectivity index (χ3v) is 5.08. The van der Waals surface area contributed by atoms with Gasteiger partial charge in [0.05, 0.1) is 12.5 Å². The van der Waals surface area contributed by atoms with Crippen LogP contribution in [0.2, 0.25) is 0 Å². The Morgan fingerprint density at radius 3 is 2.58 bits per heavy atom. The number of fused-ring (bicyclic) bond motifs is 1. The van der Waals surface area contributed by atoms with Gasteiger partial charge in [0.1, 0.15) is 5.54 Å². The minimum atomic E-state index is -0.813. The molecule has 106 valence electrons. The molecule has 3 N–H and O–H groups in total. The number of nitrogens with one attached hydrogen (secondary N) is 1. The molecule has 19 heavy (non-hydrogen) atoms. The highest BCUT2D eigenvalue weighted by atomic mass is 16.2. The van der Waals surface area contributed by atoms with Crippen LogP contribution < -0.4 is 11.1 Å². The maximum atomic E-state index is 12.2. The van der Waals surface area contributed by atoms with Crippen LogP contribution in [0, 0.1) is 0 Å². The number of hydrogen-bond donors (Lipinski definition) is 2. The minimum Gasteiger partial charge on any atom is -0.368 e. The van der Waals surface area contributed by atoms with Crippen LogP contribution in [-0.2, 0) is 9.59 Å². The van der Waals surface area contributed by atoms with Crippen molar-refractivity contribution in [3.8, 4) is 0 Å². The molecule has 2 unspecified atom stereocenters. The Balaban J connectivity index is 1.86. The van der Waals surface area contributed by atoms with Gasteiger partial charge in [-0.2, -0.15) is 0 Å². The molecule has 5 heteroatoms. The first kappa shape index (κ1) is 12.9. The van der Waals surface area contributed by atoms with Crippen LogP contribution in [-0.4, -0.2) is 40.9 Å². The van der Waals surface area contributed by atoms with Crippen molar-refractivity contribution in [3.05, 3.63) is 0 Å². The SMILES string of the molecule is NC(=O)C1(NC2CCCC2)CC(=O)N2CCCCC21. The molecule has 2 amide bonds. The van der Waals surface area contributed by atoms with Crippen LogP contribution >= 0.6 is 0 Å². The largest absolute Gasteiger partial charge is 0.368 e. The second kappa shape index (κ2) is 4.78. The molecule has 0 bridgehead atoms. The van der Waals surface area contributed by atoms with Crippen molar-refractivity contribution in [1.82, 2.24) is 10.2 Å². The zero-order valence-corrected chi connectivity index (χ0v) is 11.4. The van der Waals surface area contributed by atoms with E-state index in [1.807, 2.05) is 4.90 Å². The van der Waals surface area contributed by atoms with E-state index in [-0.39, 0.29) is 24.3 Å². The predicted molar refractivity (Wildman–Crippen MR) is 71.3 cm³/mol. The van der Waals surface area contributed by atoms with Crippen LogP contribution in [0.4, 0.5) is 0 Å². The topological polar surface area (TPSA) is 75.4 Å². The van der Waals surface area contributed by atoms with Crippen LogP contribution in [0.3, 0.4) is 0 Å². The lowest BCUT2D eigenvalue weighted by molar-refractivity contribution is -0.129. The quantitative estimate of drug-likeness (QED) is 0.781. The molecule has 3 aliphatic rings. The fraction of sp³-hybridized carbons (Fsp3) is 0.857. The lowest BCUT2D eigenvalue weighted by Gasteiger charge is -2.40. The molecule has 1 saturated carbocycles. The predicted octanol–water partition coefficient (Wildman–Crippen LogP) is 0.527. The van der Waals surface area contributed by atoms with E-state index in [2.05, 4.69) is 5.32 Å². The van der Waals surface area contributed by atoms with Gasteiger partial charge in [-0.25, -0.2) is 0 Å². The Labute approximate surface area is 113 Å². The number of hydrogen-bond acceptors (Lipinski definition) is 3. The average Bonchev–Trinajstić information content (AvgIpc) is 2.99. The first-order chi connectivity index (χ1) is 9.13.